The summed E-state index contributed by atoms with van der Waals surface area (Å²) in [6, 6.07) is 0. The predicted molar refractivity (Wildman–Crippen MR) is 125 cm³/mol. The van der Waals surface area contributed by atoms with Crippen molar-refractivity contribution in [3.63, 3.8) is 0 Å². The van der Waals surface area contributed by atoms with Crippen LogP contribution in [0.3, 0.4) is 0 Å². The van der Waals surface area contributed by atoms with Crippen molar-refractivity contribution in [3.05, 3.63) is 23.3 Å². The summed E-state index contributed by atoms with van der Waals surface area (Å²) in [5.41, 5.74) is -2.25. The first kappa shape index (κ1) is 27.9. The van der Waals surface area contributed by atoms with E-state index in [2.05, 4.69) is 0 Å². The Morgan fingerprint density at radius 2 is 1.56 bits per heavy atom. The second kappa shape index (κ2) is 9.97. The first-order chi connectivity index (χ1) is 16.6. The molecule has 0 bridgehead atoms. The second-order valence-electron chi connectivity index (χ2n) is 10.4. The fraction of sp³-hybridized carbons (Fsp3) is 0.692. The molecule has 1 unspecified atom stereocenters. The van der Waals surface area contributed by atoms with Crippen LogP contribution >= 0.6 is 0 Å². The predicted octanol–water partition coefficient (Wildman–Crippen LogP) is 1.76. The minimum atomic E-state index is -2.07. The highest BCUT2D eigenvalue weighted by atomic mass is 16.6. The number of hydrogen-bond acceptors (Lipinski definition) is 10. The zero-order chi connectivity index (χ0) is 27.2. The van der Waals surface area contributed by atoms with Crippen molar-refractivity contribution in [1.82, 2.24) is 0 Å². The molecule has 36 heavy (non-hydrogen) atoms. The van der Waals surface area contributed by atoms with Gasteiger partial charge in [-0.2, -0.15) is 0 Å². The average Bonchev–Trinajstić information content (AvgIpc) is 2.97. The van der Waals surface area contributed by atoms with E-state index in [1.807, 2.05) is 0 Å². The van der Waals surface area contributed by atoms with E-state index in [0.29, 0.717) is 11.1 Å². The molecule has 1 saturated heterocycles. The smallest absolute Gasteiger partial charge is 0.312 e. The van der Waals surface area contributed by atoms with Crippen LogP contribution in [0.5, 0.6) is 0 Å². The van der Waals surface area contributed by atoms with Gasteiger partial charge < -0.3 is 29.2 Å². The molecule has 3 aliphatic rings. The Bertz CT molecular complexity index is 999. The van der Waals surface area contributed by atoms with Crippen LogP contribution in [0.15, 0.2) is 23.3 Å². The van der Waals surface area contributed by atoms with Gasteiger partial charge in [0.1, 0.15) is 23.9 Å². The highest BCUT2D eigenvalue weighted by Crippen LogP contribution is 2.54. The number of carbonyl (C=O) groups is 4. The lowest BCUT2D eigenvalue weighted by atomic mass is 9.56. The van der Waals surface area contributed by atoms with Gasteiger partial charge in [-0.3, -0.25) is 19.2 Å². The molecule has 2 aliphatic carbocycles. The van der Waals surface area contributed by atoms with E-state index in [9.17, 15) is 29.4 Å². The molecule has 0 spiro atoms. The third-order valence-corrected chi connectivity index (χ3v) is 8.01. The maximum absolute atomic E-state index is 12.6. The molecule has 3 rings (SSSR count). The molecule has 0 aromatic carbocycles. The van der Waals surface area contributed by atoms with E-state index in [-0.39, 0.29) is 12.8 Å². The van der Waals surface area contributed by atoms with Crippen molar-refractivity contribution in [1.29, 1.82) is 0 Å². The van der Waals surface area contributed by atoms with Gasteiger partial charge in [-0.1, -0.05) is 18.6 Å². The summed E-state index contributed by atoms with van der Waals surface area (Å²) in [4.78, 5) is 49.0. The molecule has 1 heterocycles. The minimum Gasteiger partial charge on any atom is -0.462 e. The summed E-state index contributed by atoms with van der Waals surface area (Å²) in [7, 11) is 0. The summed E-state index contributed by atoms with van der Waals surface area (Å²) in [5, 5.41) is 23.8. The fourth-order valence-corrected chi connectivity index (χ4v) is 6.05. The molecule has 0 saturated carbocycles. The van der Waals surface area contributed by atoms with Crippen LogP contribution in [0.4, 0.5) is 0 Å². The lowest BCUT2D eigenvalue weighted by Gasteiger charge is -2.54. The first-order valence-electron chi connectivity index (χ1n) is 12.1. The summed E-state index contributed by atoms with van der Waals surface area (Å²) >= 11 is 0. The van der Waals surface area contributed by atoms with E-state index >= 15 is 0 Å². The normalized spacial score (nSPS) is 41.9. The van der Waals surface area contributed by atoms with Crippen LogP contribution in [0.1, 0.15) is 61.3 Å². The molecule has 2 N–H and O–H groups in total. The molecular weight excluding hydrogens is 472 g/mol. The number of rotatable bonds is 3. The standard InChI is InChI=1S/C26H36O10/c1-12-8-9-19(34-16(5)28)25(7)20(35-17(6)29)11-18(33-15(4)27)13(2)10-21-26(32,23(30)22(12)25)14(3)24(31)36-21/h8,10,14,18-23,30,32H,9,11H2,1-7H3/b13-10-/t14-,18?,19-,20+,21-,22+,23+,25+,26-/m0/s1. The zero-order valence-corrected chi connectivity index (χ0v) is 21.8. The quantitative estimate of drug-likeness (QED) is 0.328. The maximum atomic E-state index is 12.6. The molecular formula is C26H36O10. The Kier molecular flexibility index (Phi) is 7.72. The number of hydrogen-bond donors (Lipinski definition) is 2. The van der Waals surface area contributed by atoms with Crippen LogP contribution in [0.2, 0.25) is 0 Å². The van der Waals surface area contributed by atoms with Crippen LogP contribution in [0.25, 0.3) is 0 Å². The van der Waals surface area contributed by atoms with E-state index < -0.39 is 77.2 Å². The van der Waals surface area contributed by atoms with Gasteiger partial charge >= 0.3 is 23.9 Å². The highest BCUT2D eigenvalue weighted by Gasteiger charge is 2.65. The molecule has 1 aliphatic heterocycles. The van der Waals surface area contributed by atoms with Gasteiger partial charge in [0.05, 0.1) is 17.4 Å². The largest absolute Gasteiger partial charge is 0.462 e. The van der Waals surface area contributed by atoms with Crippen molar-refractivity contribution >= 4 is 23.9 Å². The SMILES string of the molecule is CC(=O)OC1C[C@@H](OC(C)=O)[C@@]2(C)[C@@H](OC(C)=O)CC=C(C)[C@@H]2[C@@H](O)[C@@]2(O)[C@H](/C=C\1C)OC(=O)[C@@H]2C. The topological polar surface area (TPSA) is 146 Å². The van der Waals surface area contributed by atoms with E-state index in [4.69, 9.17) is 18.9 Å². The number of aliphatic hydroxyl groups is 2. The molecule has 10 nitrogen and oxygen atoms in total. The Morgan fingerprint density at radius 1 is 1.00 bits per heavy atom. The van der Waals surface area contributed by atoms with Crippen LogP contribution < -0.4 is 0 Å². The fourth-order valence-electron chi connectivity index (χ4n) is 6.05. The lowest BCUT2D eigenvalue weighted by Crippen LogP contribution is -2.64. The first-order valence-corrected chi connectivity index (χ1v) is 12.1. The van der Waals surface area contributed by atoms with Crippen LogP contribution in [0, 0.1) is 17.3 Å². The summed E-state index contributed by atoms with van der Waals surface area (Å²) in [6.07, 6.45) is -2.07. The van der Waals surface area contributed by atoms with Crippen molar-refractivity contribution in [2.75, 3.05) is 0 Å². The van der Waals surface area contributed by atoms with E-state index in [0.717, 1.165) is 0 Å². The van der Waals surface area contributed by atoms with Gasteiger partial charge in [0, 0.05) is 39.5 Å². The Balaban J connectivity index is 2.33. The Morgan fingerprint density at radius 3 is 2.11 bits per heavy atom. The van der Waals surface area contributed by atoms with E-state index in [1.54, 1.807) is 26.8 Å². The number of aliphatic hydroxyl groups excluding tert-OH is 1. The van der Waals surface area contributed by atoms with E-state index in [1.165, 1.54) is 33.8 Å². The van der Waals surface area contributed by atoms with Crippen molar-refractivity contribution < 1.29 is 48.3 Å². The van der Waals surface area contributed by atoms with Gasteiger partial charge in [0.15, 0.2) is 6.10 Å². The van der Waals surface area contributed by atoms with Gasteiger partial charge in [0.25, 0.3) is 0 Å². The second-order valence-corrected chi connectivity index (χ2v) is 10.4. The molecule has 9 atom stereocenters. The molecule has 200 valence electrons. The molecule has 1 fully saturated rings. The molecule has 0 amide bonds. The number of carbonyl (C=O) groups excluding carboxylic acids is 4. The molecule has 0 aromatic heterocycles. The van der Waals surface area contributed by atoms with Crippen LogP contribution in [-0.4, -0.2) is 70.2 Å². The number of fused-ring (bicyclic) bond motifs is 2. The summed E-state index contributed by atoms with van der Waals surface area (Å²) in [6.45, 7) is 10.3. The monoisotopic (exact) mass is 508 g/mol. The third-order valence-electron chi connectivity index (χ3n) is 8.01. The average molecular weight is 509 g/mol. The summed E-state index contributed by atoms with van der Waals surface area (Å²) in [5.74, 6) is -4.50. The van der Waals surface area contributed by atoms with Gasteiger partial charge in [0.2, 0.25) is 0 Å². The number of ether oxygens (including phenoxy) is 4. The zero-order valence-electron chi connectivity index (χ0n) is 21.8. The van der Waals surface area contributed by atoms with Crippen LogP contribution in [-0.2, 0) is 38.1 Å². The van der Waals surface area contributed by atoms with Crippen molar-refractivity contribution in [2.45, 2.75) is 97.4 Å². The van der Waals surface area contributed by atoms with Gasteiger partial charge in [-0.15, -0.1) is 0 Å². The Labute approximate surface area is 210 Å². The molecule has 0 aromatic rings. The van der Waals surface area contributed by atoms with Crippen molar-refractivity contribution in [3.8, 4) is 0 Å². The van der Waals surface area contributed by atoms with Gasteiger partial charge in [-0.25, -0.2) is 0 Å². The summed E-state index contributed by atoms with van der Waals surface area (Å²) < 4.78 is 22.5. The highest BCUT2D eigenvalue weighted by molar-refractivity contribution is 5.77. The molecule has 0 radical (unpaired) electrons. The third kappa shape index (κ3) is 4.68. The minimum absolute atomic E-state index is 0.0130. The number of esters is 4. The van der Waals surface area contributed by atoms with Crippen molar-refractivity contribution in [2.24, 2.45) is 17.3 Å². The lowest BCUT2D eigenvalue weighted by molar-refractivity contribution is -0.208. The maximum Gasteiger partial charge on any atom is 0.312 e. The van der Waals surface area contributed by atoms with Gasteiger partial charge in [-0.05, 0) is 32.4 Å². The molecule has 10 heteroatoms. The Hall–Kier alpha value is -2.72.